The molecule has 0 saturated heterocycles. The topological polar surface area (TPSA) is 103 Å². The van der Waals surface area contributed by atoms with Crippen LogP contribution in [0.3, 0.4) is 0 Å². The van der Waals surface area contributed by atoms with Crippen LogP contribution < -0.4 is 16.4 Å². The largest absolute Gasteiger partial charge is 0.450 e. The first-order valence-corrected chi connectivity index (χ1v) is 13.8. The zero-order chi connectivity index (χ0) is 29.4. The molecular weight excluding hydrogens is 540 g/mol. The number of amides is 2. The van der Waals surface area contributed by atoms with Gasteiger partial charge in [-0.05, 0) is 75.7 Å². The van der Waals surface area contributed by atoms with E-state index >= 15 is 0 Å². The molecule has 0 aromatic heterocycles. The molecule has 3 atom stereocenters. The van der Waals surface area contributed by atoms with E-state index in [0.29, 0.717) is 35.4 Å². The summed E-state index contributed by atoms with van der Waals surface area (Å²) < 4.78 is 39.1. The molecule has 4 N–H and O–H groups in total. The molecule has 2 aliphatic rings. The van der Waals surface area contributed by atoms with Crippen LogP contribution in [-0.2, 0) is 16.0 Å². The molecule has 1 unspecified atom stereocenters. The van der Waals surface area contributed by atoms with Gasteiger partial charge in [0.2, 0.25) is 0 Å². The summed E-state index contributed by atoms with van der Waals surface area (Å²) in [5.74, 6) is -1.48. The first-order valence-electron chi connectivity index (χ1n) is 13.8. The Morgan fingerprint density at radius 1 is 0.905 bits per heavy atom. The fraction of sp³-hybridized carbons (Fsp3) is 0.212. The monoisotopic (exact) mass is 569 g/mol. The maximum atomic E-state index is 14.4. The van der Waals surface area contributed by atoms with E-state index in [2.05, 4.69) is 10.6 Å². The Morgan fingerprint density at radius 2 is 1.62 bits per heavy atom. The summed E-state index contributed by atoms with van der Waals surface area (Å²) in [4.78, 5) is 24.8. The van der Waals surface area contributed by atoms with Crippen LogP contribution in [0.4, 0.5) is 13.6 Å². The summed E-state index contributed by atoms with van der Waals surface area (Å²) in [6.07, 6.45) is -1.19. The van der Waals surface area contributed by atoms with Crippen LogP contribution in [0.2, 0.25) is 0 Å². The molecule has 0 aliphatic carbocycles. The van der Waals surface area contributed by atoms with Gasteiger partial charge >= 0.3 is 6.09 Å². The molecule has 2 bridgehead atoms. The van der Waals surface area contributed by atoms with Gasteiger partial charge in [0.15, 0.2) is 0 Å². The quantitative estimate of drug-likeness (QED) is 0.220. The standard InChI is InChI=1S/C33H29F2N3O4/c1-2-13-41-33(40)38-31(36)19-5-3-18(4-6-19)17-37-32(39)21-8-11-25-27(15-21)30-26-14-20(7-10-24(26)29(25)42-30)23-12-9-22(34)16-28(23)35/h3-12,14-16,29-31H,2,13,17,36H2,1H3,(H,37,39)(H,38,40)/t29-,30+,31?/m0/s1. The summed E-state index contributed by atoms with van der Waals surface area (Å²) in [6, 6.07) is 22.0. The van der Waals surface area contributed by atoms with E-state index in [-0.39, 0.29) is 18.1 Å². The van der Waals surface area contributed by atoms with E-state index in [0.717, 1.165) is 40.3 Å². The van der Waals surface area contributed by atoms with E-state index in [1.165, 1.54) is 12.1 Å². The lowest BCUT2D eigenvalue weighted by Gasteiger charge is -2.18. The second-order valence-corrected chi connectivity index (χ2v) is 10.4. The first kappa shape index (κ1) is 27.6. The van der Waals surface area contributed by atoms with Crippen LogP contribution >= 0.6 is 0 Å². The minimum absolute atomic E-state index is 0.232. The fourth-order valence-electron chi connectivity index (χ4n) is 5.45. The van der Waals surface area contributed by atoms with Gasteiger partial charge in [-0.15, -0.1) is 0 Å². The zero-order valence-corrected chi connectivity index (χ0v) is 22.8. The summed E-state index contributed by atoms with van der Waals surface area (Å²) in [7, 11) is 0. The number of alkyl carbamates (subject to hydrolysis) is 1. The summed E-state index contributed by atoms with van der Waals surface area (Å²) in [5, 5.41) is 5.52. The third kappa shape index (κ3) is 5.24. The molecule has 9 heteroatoms. The van der Waals surface area contributed by atoms with Crippen molar-refractivity contribution in [3.8, 4) is 11.1 Å². The highest BCUT2D eigenvalue weighted by molar-refractivity contribution is 5.94. The molecule has 4 aromatic rings. The number of carbonyl (C=O) groups excluding carboxylic acids is 2. The molecule has 7 nitrogen and oxygen atoms in total. The Morgan fingerprint density at radius 3 is 2.36 bits per heavy atom. The summed E-state index contributed by atoms with van der Waals surface area (Å²) >= 11 is 0. The minimum atomic E-state index is -0.710. The van der Waals surface area contributed by atoms with Crippen molar-refractivity contribution in [3.63, 3.8) is 0 Å². The number of hydrogen-bond acceptors (Lipinski definition) is 5. The number of nitrogens with one attached hydrogen (secondary N) is 2. The van der Waals surface area contributed by atoms with Crippen molar-refractivity contribution in [1.29, 1.82) is 0 Å². The van der Waals surface area contributed by atoms with Crippen molar-refractivity contribution in [2.24, 2.45) is 5.73 Å². The van der Waals surface area contributed by atoms with Crippen LogP contribution in [0.1, 0.15) is 75.5 Å². The first-order chi connectivity index (χ1) is 20.3. The van der Waals surface area contributed by atoms with Crippen molar-refractivity contribution in [2.75, 3.05) is 6.61 Å². The maximum absolute atomic E-state index is 14.4. The molecule has 42 heavy (non-hydrogen) atoms. The molecular formula is C33H29F2N3O4. The van der Waals surface area contributed by atoms with Gasteiger partial charge in [0.1, 0.15) is 30.0 Å². The average Bonchev–Trinajstić information content (AvgIpc) is 3.56. The number of benzene rings is 4. The van der Waals surface area contributed by atoms with Crippen LogP contribution in [-0.4, -0.2) is 18.6 Å². The van der Waals surface area contributed by atoms with Gasteiger partial charge in [0.05, 0.1) is 6.61 Å². The second kappa shape index (κ2) is 11.3. The Kier molecular flexibility index (Phi) is 7.45. The zero-order valence-electron chi connectivity index (χ0n) is 22.8. The van der Waals surface area contributed by atoms with Gasteiger partial charge in [-0.1, -0.05) is 49.4 Å². The van der Waals surface area contributed by atoms with Gasteiger partial charge in [-0.25, -0.2) is 13.6 Å². The van der Waals surface area contributed by atoms with Crippen molar-refractivity contribution in [2.45, 2.75) is 38.3 Å². The number of fused-ring (bicyclic) bond motifs is 8. The molecule has 2 amide bonds. The molecule has 4 aromatic carbocycles. The van der Waals surface area contributed by atoms with Crippen molar-refractivity contribution < 1.29 is 27.8 Å². The van der Waals surface area contributed by atoms with Gasteiger partial charge in [-0.3, -0.25) is 4.79 Å². The van der Waals surface area contributed by atoms with Gasteiger partial charge in [0.25, 0.3) is 5.91 Å². The van der Waals surface area contributed by atoms with Gasteiger partial charge < -0.3 is 25.8 Å². The highest BCUT2D eigenvalue weighted by Gasteiger charge is 2.43. The molecule has 2 heterocycles. The average molecular weight is 570 g/mol. The third-order valence-electron chi connectivity index (χ3n) is 7.58. The number of carbonyl (C=O) groups is 2. The number of ether oxygens (including phenoxy) is 2. The van der Waals surface area contributed by atoms with Crippen molar-refractivity contribution in [1.82, 2.24) is 10.6 Å². The molecule has 214 valence electrons. The van der Waals surface area contributed by atoms with Crippen molar-refractivity contribution in [3.05, 3.63) is 129 Å². The third-order valence-corrected chi connectivity index (χ3v) is 7.58. The highest BCUT2D eigenvalue weighted by atomic mass is 19.1. The smallest absolute Gasteiger partial charge is 0.408 e. The van der Waals surface area contributed by atoms with Crippen LogP contribution in [0.15, 0.2) is 78.9 Å². The molecule has 0 fully saturated rings. The van der Waals surface area contributed by atoms with E-state index in [9.17, 15) is 18.4 Å². The fourth-order valence-corrected chi connectivity index (χ4v) is 5.45. The second-order valence-electron chi connectivity index (χ2n) is 10.4. The van der Waals surface area contributed by atoms with E-state index in [1.54, 1.807) is 18.2 Å². The normalized spacial score (nSPS) is 16.9. The Labute approximate surface area is 241 Å². The van der Waals surface area contributed by atoms with Crippen LogP contribution in [0.5, 0.6) is 0 Å². The van der Waals surface area contributed by atoms with E-state index in [1.807, 2.05) is 49.4 Å². The predicted octanol–water partition coefficient (Wildman–Crippen LogP) is 6.18. The predicted molar refractivity (Wildman–Crippen MR) is 152 cm³/mol. The highest BCUT2D eigenvalue weighted by Crippen LogP contribution is 2.54. The van der Waals surface area contributed by atoms with Crippen molar-refractivity contribution >= 4 is 12.0 Å². The summed E-state index contributed by atoms with van der Waals surface area (Å²) in [5.41, 5.74) is 12.9. The van der Waals surface area contributed by atoms with Crippen LogP contribution in [0.25, 0.3) is 11.1 Å². The number of hydrogen-bond donors (Lipinski definition) is 3. The van der Waals surface area contributed by atoms with Gasteiger partial charge in [0, 0.05) is 23.7 Å². The molecule has 0 radical (unpaired) electrons. The Balaban J connectivity index is 1.12. The molecule has 0 saturated carbocycles. The Bertz CT molecular complexity index is 1670. The SMILES string of the molecule is CCCOC(=O)NC(N)c1ccc(CNC(=O)c2ccc3c(c2)[C@@H]2O[C@H]3c3ccc(-c4ccc(F)cc4F)cc32)cc1. The molecule has 2 aliphatic heterocycles. The van der Waals surface area contributed by atoms with E-state index in [4.69, 9.17) is 15.2 Å². The number of nitrogens with two attached hydrogens (primary N) is 1. The van der Waals surface area contributed by atoms with Gasteiger partial charge in [-0.2, -0.15) is 0 Å². The maximum Gasteiger partial charge on any atom is 0.408 e. The lowest BCUT2D eigenvalue weighted by molar-refractivity contribution is 0.0857. The molecule has 0 spiro atoms. The minimum Gasteiger partial charge on any atom is -0.450 e. The lowest BCUT2D eigenvalue weighted by Crippen LogP contribution is -2.34. The lowest BCUT2D eigenvalue weighted by atomic mass is 9.83. The van der Waals surface area contributed by atoms with Crippen LogP contribution in [0, 0.1) is 11.6 Å². The summed E-state index contributed by atoms with van der Waals surface area (Å²) in [6.45, 7) is 2.53. The number of rotatable bonds is 8. The Hall–Kier alpha value is -4.60. The number of halogens is 2. The molecule has 6 rings (SSSR count). The van der Waals surface area contributed by atoms with E-state index < -0.39 is 23.9 Å².